The molecule has 1 aromatic rings. The number of amides is 1. The van der Waals surface area contributed by atoms with Gasteiger partial charge in [0.05, 0.1) is 0 Å². The third kappa shape index (κ3) is 3.29. The van der Waals surface area contributed by atoms with Gasteiger partial charge < -0.3 is 11.1 Å². The van der Waals surface area contributed by atoms with E-state index in [1.165, 1.54) is 18.9 Å². The summed E-state index contributed by atoms with van der Waals surface area (Å²) in [7, 11) is 0. The number of nitrogens with two attached hydrogens (primary N) is 1. The summed E-state index contributed by atoms with van der Waals surface area (Å²) in [5.41, 5.74) is 5.87. The van der Waals surface area contributed by atoms with Crippen molar-refractivity contribution in [3.63, 3.8) is 0 Å². The number of rotatable bonds is 6. The summed E-state index contributed by atoms with van der Waals surface area (Å²) in [5, 5.41) is 3.26. The summed E-state index contributed by atoms with van der Waals surface area (Å²) >= 11 is 0. The first-order valence-electron chi connectivity index (χ1n) is 6.37. The Morgan fingerprint density at radius 2 is 2.28 bits per heavy atom. The summed E-state index contributed by atoms with van der Waals surface area (Å²) in [5.74, 6) is 0.520. The number of primary amides is 1. The largest absolute Gasteiger partial charge is 0.366 e. The van der Waals surface area contributed by atoms with Crippen LogP contribution in [-0.2, 0) is 6.54 Å². The standard InChI is InChI=1S/C14H19FN2O/c1-9(10-2-3-10)7-17-8-12-5-4-11(14(16)18)6-13(12)15/h4-6,9-10,17H,2-3,7-8H2,1H3,(H2,16,18). The first kappa shape index (κ1) is 13.0. The average molecular weight is 250 g/mol. The second-order valence-electron chi connectivity index (χ2n) is 5.12. The SMILES string of the molecule is CC(CNCc1ccc(C(N)=O)cc1F)C1CC1. The van der Waals surface area contributed by atoms with E-state index < -0.39 is 5.91 Å². The number of carbonyl (C=O) groups is 1. The van der Waals surface area contributed by atoms with E-state index in [-0.39, 0.29) is 11.4 Å². The molecular formula is C14H19FN2O. The molecule has 0 bridgehead atoms. The van der Waals surface area contributed by atoms with Crippen LogP contribution in [0.15, 0.2) is 18.2 Å². The fraction of sp³-hybridized carbons (Fsp3) is 0.500. The molecule has 0 aliphatic heterocycles. The van der Waals surface area contributed by atoms with Gasteiger partial charge in [0.25, 0.3) is 0 Å². The number of hydrogen-bond acceptors (Lipinski definition) is 2. The Labute approximate surface area is 107 Å². The van der Waals surface area contributed by atoms with Crippen LogP contribution in [0.25, 0.3) is 0 Å². The van der Waals surface area contributed by atoms with E-state index in [4.69, 9.17) is 5.73 Å². The Balaban J connectivity index is 1.86. The molecule has 2 rings (SSSR count). The smallest absolute Gasteiger partial charge is 0.248 e. The van der Waals surface area contributed by atoms with Crippen LogP contribution in [0.2, 0.25) is 0 Å². The molecular weight excluding hydrogens is 231 g/mol. The van der Waals surface area contributed by atoms with Crippen LogP contribution in [0.5, 0.6) is 0 Å². The minimum absolute atomic E-state index is 0.211. The lowest BCUT2D eigenvalue weighted by Gasteiger charge is -2.12. The van der Waals surface area contributed by atoms with E-state index in [1.54, 1.807) is 12.1 Å². The summed E-state index contributed by atoms with van der Waals surface area (Å²) < 4.78 is 13.7. The van der Waals surface area contributed by atoms with E-state index >= 15 is 0 Å². The summed E-state index contributed by atoms with van der Waals surface area (Å²) in [6.07, 6.45) is 2.65. The molecule has 1 aliphatic rings. The van der Waals surface area contributed by atoms with Crippen molar-refractivity contribution in [1.29, 1.82) is 0 Å². The van der Waals surface area contributed by atoms with Crippen LogP contribution in [-0.4, -0.2) is 12.5 Å². The van der Waals surface area contributed by atoms with Crippen molar-refractivity contribution in [2.45, 2.75) is 26.3 Å². The molecule has 1 fully saturated rings. The zero-order valence-corrected chi connectivity index (χ0v) is 10.6. The monoisotopic (exact) mass is 250 g/mol. The quantitative estimate of drug-likeness (QED) is 0.812. The van der Waals surface area contributed by atoms with Gasteiger partial charge in [-0.05, 0) is 43.4 Å². The number of hydrogen-bond donors (Lipinski definition) is 2. The van der Waals surface area contributed by atoms with Crippen molar-refractivity contribution in [2.75, 3.05) is 6.54 Å². The highest BCUT2D eigenvalue weighted by Gasteiger charge is 2.27. The highest BCUT2D eigenvalue weighted by Crippen LogP contribution is 2.36. The van der Waals surface area contributed by atoms with Gasteiger partial charge in [0, 0.05) is 17.7 Å². The number of carbonyl (C=O) groups excluding carboxylic acids is 1. The van der Waals surface area contributed by atoms with Crippen LogP contribution in [0.1, 0.15) is 35.7 Å². The molecule has 0 radical (unpaired) electrons. The third-order valence-electron chi connectivity index (χ3n) is 3.55. The maximum absolute atomic E-state index is 13.7. The van der Waals surface area contributed by atoms with E-state index in [9.17, 15) is 9.18 Å². The molecule has 18 heavy (non-hydrogen) atoms. The fourth-order valence-corrected chi connectivity index (χ4v) is 2.11. The van der Waals surface area contributed by atoms with Gasteiger partial charge in [0.2, 0.25) is 5.91 Å². The Hall–Kier alpha value is -1.42. The van der Waals surface area contributed by atoms with Crippen LogP contribution in [0.4, 0.5) is 4.39 Å². The number of benzene rings is 1. The molecule has 98 valence electrons. The van der Waals surface area contributed by atoms with E-state index in [0.717, 1.165) is 12.5 Å². The van der Waals surface area contributed by atoms with Crippen LogP contribution >= 0.6 is 0 Å². The molecule has 3 nitrogen and oxygen atoms in total. The molecule has 4 heteroatoms. The summed E-state index contributed by atoms with van der Waals surface area (Å²) in [6, 6.07) is 4.38. The van der Waals surface area contributed by atoms with Crippen LogP contribution in [0, 0.1) is 17.7 Å². The maximum atomic E-state index is 13.7. The first-order chi connectivity index (χ1) is 8.58. The van der Waals surface area contributed by atoms with E-state index in [1.807, 2.05) is 0 Å². The Morgan fingerprint density at radius 3 is 2.83 bits per heavy atom. The molecule has 1 aromatic carbocycles. The molecule has 1 saturated carbocycles. The van der Waals surface area contributed by atoms with Crippen molar-refractivity contribution < 1.29 is 9.18 Å². The van der Waals surface area contributed by atoms with Crippen molar-refractivity contribution in [3.8, 4) is 0 Å². The first-order valence-corrected chi connectivity index (χ1v) is 6.37. The molecule has 0 spiro atoms. The summed E-state index contributed by atoms with van der Waals surface area (Å²) in [4.78, 5) is 10.9. The highest BCUT2D eigenvalue weighted by atomic mass is 19.1. The van der Waals surface area contributed by atoms with Crippen LogP contribution in [0.3, 0.4) is 0 Å². The lowest BCUT2D eigenvalue weighted by atomic mass is 10.1. The van der Waals surface area contributed by atoms with Gasteiger partial charge in [-0.25, -0.2) is 4.39 Å². The van der Waals surface area contributed by atoms with Gasteiger partial charge >= 0.3 is 0 Å². The van der Waals surface area contributed by atoms with Gasteiger partial charge in [-0.15, -0.1) is 0 Å². The second-order valence-corrected chi connectivity index (χ2v) is 5.12. The minimum atomic E-state index is -0.601. The molecule has 0 saturated heterocycles. The topological polar surface area (TPSA) is 55.1 Å². The van der Waals surface area contributed by atoms with E-state index in [2.05, 4.69) is 12.2 Å². The van der Waals surface area contributed by atoms with Crippen molar-refractivity contribution in [2.24, 2.45) is 17.6 Å². The van der Waals surface area contributed by atoms with Gasteiger partial charge in [0.1, 0.15) is 5.82 Å². The lowest BCUT2D eigenvalue weighted by molar-refractivity contribution is 0.1000. The fourth-order valence-electron chi connectivity index (χ4n) is 2.11. The molecule has 1 atom stereocenters. The number of halogens is 1. The molecule has 3 N–H and O–H groups in total. The predicted octanol–water partition coefficient (Wildman–Crippen LogP) is 2.06. The van der Waals surface area contributed by atoms with Gasteiger partial charge in [-0.1, -0.05) is 13.0 Å². The Kier molecular flexibility index (Phi) is 3.97. The molecule has 0 aromatic heterocycles. The Bertz CT molecular complexity index is 443. The highest BCUT2D eigenvalue weighted by molar-refractivity contribution is 5.92. The average Bonchev–Trinajstić information content (AvgIpc) is 3.14. The Morgan fingerprint density at radius 1 is 1.56 bits per heavy atom. The van der Waals surface area contributed by atoms with Gasteiger partial charge in [-0.2, -0.15) is 0 Å². The van der Waals surface area contributed by atoms with Gasteiger partial charge in [0.15, 0.2) is 0 Å². The van der Waals surface area contributed by atoms with Crippen molar-refractivity contribution >= 4 is 5.91 Å². The zero-order valence-electron chi connectivity index (χ0n) is 10.6. The van der Waals surface area contributed by atoms with Crippen molar-refractivity contribution in [1.82, 2.24) is 5.32 Å². The normalized spacial score (nSPS) is 16.6. The summed E-state index contributed by atoms with van der Waals surface area (Å²) in [6.45, 7) is 3.61. The molecule has 0 heterocycles. The maximum Gasteiger partial charge on any atom is 0.248 e. The van der Waals surface area contributed by atoms with Crippen molar-refractivity contribution in [3.05, 3.63) is 35.1 Å². The second kappa shape index (κ2) is 5.48. The minimum Gasteiger partial charge on any atom is -0.366 e. The predicted molar refractivity (Wildman–Crippen MR) is 68.5 cm³/mol. The van der Waals surface area contributed by atoms with Gasteiger partial charge in [-0.3, -0.25) is 4.79 Å². The van der Waals surface area contributed by atoms with Crippen LogP contribution < -0.4 is 11.1 Å². The lowest BCUT2D eigenvalue weighted by Crippen LogP contribution is -2.22. The third-order valence-corrected chi connectivity index (χ3v) is 3.55. The molecule has 1 aliphatic carbocycles. The molecule has 1 amide bonds. The zero-order chi connectivity index (χ0) is 13.1. The number of nitrogens with one attached hydrogen (secondary N) is 1. The molecule has 1 unspecified atom stereocenters. The van der Waals surface area contributed by atoms with E-state index in [0.29, 0.717) is 18.0 Å².